The van der Waals surface area contributed by atoms with E-state index in [9.17, 15) is 26.3 Å². The van der Waals surface area contributed by atoms with Crippen LogP contribution in [0.15, 0.2) is 18.2 Å². The van der Waals surface area contributed by atoms with Crippen molar-refractivity contribution in [2.24, 2.45) is 0 Å². The summed E-state index contributed by atoms with van der Waals surface area (Å²) in [5.74, 6) is 0. The number of hydrogen-bond donors (Lipinski definition) is 0. The van der Waals surface area contributed by atoms with E-state index >= 15 is 0 Å². The molecule has 0 saturated heterocycles. The molecule has 0 nitrogen and oxygen atoms in total. The minimum absolute atomic E-state index is 0. The van der Waals surface area contributed by atoms with E-state index in [1.54, 1.807) is 0 Å². The first-order valence-electron chi connectivity index (χ1n) is 3.37. The van der Waals surface area contributed by atoms with Gasteiger partial charge in [-0.2, -0.15) is 26.3 Å². The van der Waals surface area contributed by atoms with Crippen molar-refractivity contribution in [2.45, 2.75) is 19.8 Å². The summed E-state index contributed by atoms with van der Waals surface area (Å²) in [5, 5.41) is 0. The molecule has 1 aromatic rings. The molecule has 94 valence electrons. The van der Waals surface area contributed by atoms with Crippen LogP contribution in [0.1, 0.15) is 20.0 Å². The van der Waals surface area contributed by atoms with Crippen LogP contribution < -0.4 is 35.0 Å². The maximum Gasteiger partial charge on any atom is 1.00 e. The third-order valence-electron chi connectivity index (χ3n) is 1.44. The molecule has 0 bridgehead atoms. The normalized spacial score (nSPS) is 11.5. The van der Waals surface area contributed by atoms with Crippen LogP contribution in [0.5, 0.6) is 0 Å². The van der Waals surface area contributed by atoms with Crippen LogP contribution in [-0.2, 0) is 12.4 Å². The number of halogens is 6. The van der Waals surface area contributed by atoms with Crippen LogP contribution in [0.25, 0.3) is 0 Å². The average Bonchev–Trinajstić information content (AvgIpc) is 1.99. The fraction of sp³-hybridized carbons (Fsp3) is 0.333. The van der Waals surface area contributed by atoms with E-state index < -0.39 is 31.3 Å². The van der Waals surface area contributed by atoms with E-state index in [-0.39, 0.29) is 49.9 Å². The summed E-state index contributed by atoms with van der Waals surface area (Å²) in [6.45, 7) is 0. The zero-order chi connectivity index (χ0) is 11.9. The van der Waals surface area contributed by atoms with E-state index in [4.69, 9.17) is 0 Å². The number of rotatable bonds is 0. The molecule has 0 saturated carbocycles. The van der Waals surface area contributed by atoms with E-state index in [1.807, 2.05) is 0 Å². The largest absolute Gasteiger partial charge is 1.00 e. The predicted octanol–water partition coefficient (Wildman–Crippen LogP) is -0.533. The van der Waals surface area contributed by atoms with Gasteiger partial charge in [-0.25, -0.2) is 5.46 Å². The first-order chi connectivity index (χ1) is 6.60. The molecule has 1 rings (SSSR count). The van der Waals surface area contributed by atoms with Crippen LogP contribution in [0.2, 0.25) is 0 Å². The van der Waals surface area contributed by atoms with E-state index in [1.165, 1.54) is 0 Å². The Morgan fingerprint density at radius 2 is 1.12 bits per heavy atom. The standard InChI is InChI=1S/C8H6BF6.CH4.Na.H/c9-6-2-4(7(10,11)12)1-5(3-6)8(13,14)15;;;/h1-3H,9H3;1H4;;/q-1;;+1;-1. The molecule has 0 fully saturated rings. The van der Waals surface area contributed by atoms with Gasteiger partial charge in [-0.1, -0.05) is 19.6 Å². The molecule has 0 radical (unpaired) electrons. The van der Waals surface area contributed by atoms with Gasteiger partial charge in [-0.15, -0.1) is 0 Å². The number of hydrogen-bond acceptors (Lipinski definition) is 0. The van der Waals surface area contributed by atoms with Crippen LogP contribution in [0.3, 0.4) is 0 Å². The Labute approximate surface area is 120 Å². The summed E-state index contributed by atoms with van der Waals surface area (Å²) in [5.41, 5.74) is -2.26. The van der Waals surface area contributed by atoms with Crippen molar-refractivity contribution in [3.63, 3.8) is 0 Å². The van der Waals surface area contributed by atoms with E-state index in [0.29, 0.717) is 0 Å². The zero-order valence-corrected chi connectivity index (χ0v) is 9.50. The second-order valence-electron chi connectivity index (χ2n) is 2.51. The number of benzene rings is 1. The average molecular weight is 267 g/mol. The zero-order valence-electron chi connectivity index (χ0n) is 8.50. The van der Waals surface area contributed by atoms with E-state index in [0.717, 1.165) is 12.1 Å². The van der Waals surface area contributed by atoms with Gasteiger partial charge < -0.3 is 1.43 Å². The Morgan fingerprint density at radius 1 is 0.824 bits per heavy atom. The Kier molecular flexibility index (Phi) is 6.96. The Morgan fingerprint density at radius 3 is 1.35 bits per heavy atom. The van der Waals surface area contributed by atoms with Crippen molar-refractivity contribution in [2.75, 3.05) is 0 Å². The van der Waals surface area contributed by atoms with Gasteiger partial charge in [0.2, 0.25) is 0 Å². The van der Waals surface area contributed by atoms with Gasteiger partial charge in [0.05, 0.1) is 11.1 Å². The smallest absolute Gasteiger partial charge is 1.00 e. The second-order valence-corrected chi connectivity index (χ2v) is 2.51. The minimum atomic E-state index is -4.72. The topological polar surface area (TPSA) is 0 Å². The van der Waals surface area contributed by atoms with Gasteiger partial charge in [0.25, 0.3) is 0 Å². The summed E-state index contributed by atoms with van der Waals surface area (Å²) >= 11 is 0. The fourth-order valence-electron chi connectivity index (χ4n) is 0.799. The van der Waals surface area contributed by atoms with Crippen LogP contribution in [-0.4, -0.2) is 7.85 Å². The van der Waals surface area contributed by atoms with Crippen molar-refractivity contribution >= 4 is 13.3 Å². The summed E-state index contributed by atoms with van der Waals surface area (Å²) in [6.07, 6.45) is -9.44. The summed E-state index contributed by atoms with van der Waals surface area (Å²) < 4.78 is 73.2. The SMILES string of the molecule is C.[BH3-]c1cc(C(F)(F)F)cc(C(F)(F)F)c1.[H-].[Na+]. The van der Waals surface area contributed by atoms with Crippen molar-refractivity contribution < 1.29 is 57.3 Å². The summed E-state index contributed by atoms with van der Waals surface area (Å²) in [4.78, 5) is 0. The molecule has 1 aromatic carbocycles. The van der Waals surface area contributed by atoms with Crippen LogP contribution in [0, 0.1) is 0 Å². The van der Waals surface area contributed by atoms with Gasteiger partial charge in [0.1, 0.15) is 0 Å². The first-order valence-corrected chi connectivity index (χ1v) is 3.37. The molecule has 0 N–H and O–H groups in total. The molecule has 17 heavy (non-hydrogen) atoms. The maximum atomic E-state index is 12.2. The Bertz CT molecular complexity index is 344. The monoisotopic (exact) mass is 267 g/mol. The molecule has 0 amide bonds. The summed E-state index contributed by atoms with van der Waals surface area (Å²) in [7, 11) is -0.699. The number of alkyl halides is 6. The molecule has 0 unspecified atom stereocenters. The van der Waals surface area contributed by atoms with Gasteiger partial charge in [0.15, 0.2) is 0 Å². The van der Waals surface area contributed by atoms with Gasteiger partial charge >= 0.3 is 41.9 Å². The van der Waals surface area contributed by atoms with Crippen molar-refractivity contribution in [1.29, 1.82) is 0 Å². The van der Waals surface area contributed by atoms with Crippen molar-refractivity contribution in [1.82, 2.24) is 0 Å². The van der Waals surface area contributed by atoms with Gasteiger partial charge in [-0.3, -0.25) is 0 Å². The molecule has 0 aliphatic carbocycles. The molecular weight excluding hydrogens is 256 g/mol. The van der Waals surface area contributed by atoms with Crippen molar-refractivity contribution in [3.05, 3.63) is 29.3 Å². The minimum Gasteiger partial charge on any atom is -1.00 e. The summed E-state index contributed by atoms with van der Waals surface area (Å²) in [6, 6.07) is 1.72. The third-order valence-corrected chi connectivity index (χ3v) is 1.44. The quantitative estimate of drug-likeness (QED) is 0.438. The Hall–Kier alpha value is -0.135. The van der Waals surface area contributed by atoms with Crippen molar-refractivity contribution in [3.8, 4) is 0 Å². The van der Waals surface area contributed by atoms with Crippen LogP contribution in [0.4, 0.5) is 26.3 Å². The van der Waals surface area contributed by atoms with Crippen LogP contribution >= 0.6 is 0 Å². The Balaban J connectivity index is -0.000000750. The fourth-order valence-corrected chi connectivity index (χ4v) is 0.799. The van der Waals surface area contributed by atoms with Gasteiger partial charge in [0, 0.05) is 0 Å². The molecule has 0 spiro atoms. The van der Waals surface area contributed by atoms with E-state index in [2.05, 4.69) is 0 Å². The molecule has 0 aliphatic heterocycles. The molecule has 0 atom stereocenters. The molecule has 0 aliphatic rings. The maximum absolute atomic E-state index is 12.2. The second kappa shape index (κ2) is 6.16. The predicted molar refractivity (Wildman–Crippen MR) is 53.9 cm³/mol. The van der Waals surface area contributed by atoms with Gasteiger partial charge in [-0.05, 0) is 13.9 Å². The molecule has 0 aromatic heterocycles. The molecule has 8 heteroatoms. The molecule has 0 heterocycles. The first kappa shape index (κ1) is 19.2. The third kappa shape index (κ3) is 5.35. The molecular formula is C9H11BF6Na-.